The molecule has 0 amide bonds. The third kappa shape index (κ3) is 4.94. The van der Waals surface area contributed by atoms with Crippen molar-refractivity contribution < 1.29 is 32.0 Å². The van der Waals surface area contributed by atoms with Crippen LogP contribution in [0, 0.1) is 5.41 Å². The largest absolute Gasteiger partial charge is 0.488 e. The summed E-state index contributed by atoms with van der Waals surface area (Å²) in [5.41, 5.74) is 8.05. The number of carboxylic acid groups (broad SMARTS) is 1. The van der Waals surface area contributed by atoms with Crippen molar-refractivity contribution in [3.05, 3.63) is 47.4 Å². The number of benzene rings is 1. The number of nitrogens with two attached hydrogens (primary N) is 1. The van der Waals surface area contributed by atoms with Crippen molar-refractivity contribution in [2.45, 2.75) is 0 Å². The Morgan fingerprint density at radius 2 is 1.96 bits per heavy atom. The third-order valence-electron chi connectivity index (χ3n) is 3.24. The molecule has 10 heteroatoms. The highest BCUT2D eigenvalue weighted by molar-refractivity contribution is 7.85. The maximum Gasteiger partial charge on any atom is 0.372 e. The molecule has 0 saturated heterocycles. The number of hydrogen-bond acceptors (Lipinski definition) is 6. The SMILES string of the molecule is CS(=O)(=O)O.N=C(N)C1=Cc2ccc(-c3ccoc3C(=O)O)cc2OC1. The first-order valence-corrected chi connectivity index (χ1v) is 8.96. The number of fused-ring (bicyclic) bond motifs is 1. The minimum Gasteiger partial charge on any atom is -0.488 e. The van der Waals surface area contributed by atoms with Crippen molar-refractivity contribution in [2.24, 2.45) is 5.73 Å². The lowest BCUT2D eigenvalue weighted by Crippen LogP contribution is -2.20. The molecular formula is C16H16N2O7S. The molecule has 0 aliphatic carbocycles. The molecule has 0 saturated carbocycles. The fourth-order valence-electron chi connectivity index (χ4n) is 2.19. The predicted molar refractivity (Wildman–Crippen MR) is 94.0 cm³/mol. The second kappa shape index (κ2) is 7.42. The third-order valence-corrected chi connectivity index (χ3v) is 3.24. The van der Waals surface area contributed by atoms with Crippen LogP contribution in [0.3, 0.4) is 0 Å². The van der Waals surface area contributed by atoms with Gasteiger partial charge in [-0.3, -0.25) is 9.96 Å². The second-order valence-corrected chi connectivity index (χ2v) is 6.79. The van der Waals surface area contributed by atoms with Crippen molar-refractivity contribution in [1.82, 2.24) is 0 Å². The number of nitrogens with one attached hydrogen (secondary N) is 1. The lowest BCUT2D eigenvalue weighted by Gasteiger charge is -2.18. The van der Waals surface area contributed by atoms with Crippen molar-refractivity contribution >= 4 is 28.0 Å². The molecule has 2 aromatic rings. The van der Waals surface area contributed by atoms with Crippen LogP contribution in [0.4, 0.5) is 0 Å². The van der Waals surface area contributed by atoms with Gasteiger partial charge in [0, 0.05) is 16.7 Å². The van der Waals surface area contributed by atoms with E-state index in [0.29, 0.717) is 28.7 Å². The zero-order chi connectivity index (χ0) is 19.5. The van der Waals surface area contributed by atoms with E-state index in [4.69, 9.17) is 30.0 Å². The average molecular weight is 380 g/mol. The summed E-state index contributed by atoms with van der Waals surface area (Å²) in [6, 6.07) is 6.93. The molecule has 138 valence electrons. The molecule has 0 atom stereocenters. The normalized spacial score (nSPS) is 12.8. The van der Waals surface area contributed by atoms with E-state index in [9.17, 15) is 13.2 Å². The first-order valence-electron chi connectivity index (χ1n) is 7.11. The minimum absolute atomic E-state index is 0.0206. The highest BCUT2D eigenvalue weighted by Gasteiger charge is 2.18. The average Bonchev–Trinajstić information content (AvgIpc) is 3.02. The molecule has 0 bridgehead atoms. The fourth-order valence-corrected chi connectivity index (χ4v) is 2.19. The molecule has 1 aromatic heterocycles. The van der Waals surface area contributed by atoms with E-state index >= 15 is 0 Å². The number of hydrogen-bond donors (Lipinski definition) is 4. The summed E-state index contributed by atoms with van der Waals surface area (Å²) in [7, 11) is -3.67. The molecule has 5 N–H and O–H groups in total. The molecule has 0 radical (unpaired) electrons. The zero-order valence-electron chi connectivity index (χ0n) is 13.6. The number of carboxylic acids is 1. The Balaban J connectivity index is 0.000000431. The summed E-state index contributed by atoms with van der Waals surface area (Å²) in [5.74, 6) is -0.624. The first kappa shape index (κ1) is 19.2. The van der Waals surface area contributed by atoms with Gasteiger partial charge in [0.15, 0.2) is 0 Å². The smallest absolute Gasteiger partial charge is 0.372 e. The van der Waals surface area contributed by atoms with Crippen LogP contribution in [0.15, 0.2) is 40.5 Å². The maximum atomic E-state index is 11.1. The number of carbonyl (C=O) groups is 1. The van der Waals surface area contributed by atoms with E-state index in [-0.39, 0.29) is 18.2 Å². The summed E-state index contributed by atoms with van der Waals surface area (Å²) in [6.45, 7) is 0.225. The van der Waals surface area contributed by atoms with Crippen LogP contribution in [0.1, 0.15) is 16.1 Å². The highest BCUT2D eigenvalue weighted by atomic mass is 32.2. The summed E-state index contributed by atoms with van der Waals surface area (Å²) < 4.78 is 36.4. The van der Waals surface area contributed by atoms with Gasteiger partial charge in [-0.05, 0) is 23.8 Å². The maximum absolute atomic E-state index is 11.1. The Morgan fingerprint density at radius 3 is 2.54 bits per heavy atom. The quantitative estimate of drug-likeness (QED) is 0.356. The molecule has 1 aromatic carbocycles. The van der Waals surface area contributed by atoms with Gasteiger partial charge in [0.25, 0.3) is 10.1 Å². The van der Waals surface area contributed by atoms with Gasteiger partial charge in [0.2, 0.25) is 5.76 Å². The van der Waals surface area contributed by atoms with Crippen LogP contribution in [0.2, 0.25) is 0 Å². The van der Waals surface area contributed by atoms with Crippen molar-refractivity contribution in [3.8, 4) is 16.9 Å². The van der Waals surface area contributed by atoms with Crippen molar-refractivity contribution in [2.75, 3.05) is 12.9 Å². The van der Waals surface area contributed by atoms with Crippen LogP contribution in [0.5, 0.6) is 5.75 Å². The molecule has 3 rings (SSSR count). The fraction of sp³-hybridized carbons (Fsp3) is 0.125. The van der Waals surface area contributed by atoms with Crippen LogP contribution in [0.25, 0.3) is 17.2 Å². The van der Waals surface area contributed by atoms with Gasteiger partial charge in [0.1, 0.15) is 18.2 Å². The van der Waals surface area contributed by atoms with E-state index in [1.165, 1.54) is 6.26 Å². The van der Waals surface area contributed by atoms with E-state index in [0.717, 1.165) is 5.56 Å². The predicted octanol–water partition coefficient (Wildman–Crippen LogP) is 1.86. The van der Waals surface area contributed by atoms with Crippen LogP contribution in [-0.2, 0) is 10.1 Å². The standard InChI is InChI=1S/C15H12N2O4.CH4O3S/c16-14(17)10-5-9-2-1-8(6-12(9)21-7-10)11-3-4-20-13(11)15(18)19;1-5(2,3)4/h1-6H,7H2,(H3,16,17)(H,18,19);1H3,(H,2,3,4). The molecule has 26 heavy (non-hydrogen) atoms. The Labute approximate surface area is 149 Å². The van der Waals surface area contributed by atoms with E-state index in [1.54, 1.807) is 30.3 Å². The van der Waals surface area contributed by atoms with E-state index in [2.05, 4.69) is 0 Å². The zero-order valence-corrected chi connectivity index (χ0v) is 14.4. The lowest BCUT2D eigenvalue weighted by atomic mass is 10.0. The van der Waals surface area contributed by atoms with E-state index in [1.807, 2.05) is 0 Å². The van der Waals surface area contributed by atoms with Gasteiger partial charge >= 0.3 is 5.97 Å². The van der Waals surface area contributed by atoms with Gasteiger partial charge in [-0.25, -0.2) is 4.79 Å². The van der Waals surface area contributed by atoms with Gasteiger partial charge in [0.05, 0.1) is 12.5 Å². The Morgan fingerprint density at radius 1 is 1.31 bits per heavy atom. The number of aromatic carboxylic acids is 1. The molecule has 1 aliphatic rings. The molecule has 9 nitrogen and oxygen atoms in total. The lowest BCUT2D eigenvalue weighted by molar-refractivity contribution is 0.0663. The molecular weight excluding hydrogens is 364 g/mol. The number of furan rings is 1. The number of amidine groups is 1. The topological polar surface area (TPSA) is 164 Å². The molecule has 0 spiro atoms. The number of rotatable bonds is 3. The summed E-state index contributed by atoms with van der Waals surface area (Å²) in [5, 5.41) is 16.5. The molecule has 0 unspecified atom stereocenters. The Kier molecular flexibility index (Phi) is 5.48. The van der Waals surface area contributed by atoms with Gasteiger partial charge in [-0.1, -0.05) is 12.1 Å². The molecule has 2 heterocycles. The van der Waals surface area contributed by atoms with Gasteiger partial charge in [-0.2, -0.15) is 8.42 Å². The Bertz CT molecular complexity index is 982. The van der Waals surface area contributed by atoms with Crippen molar-refractivity contribution in [1.29, 1.82) is 5.41 Å². The summed E-state index contributed by atoms with van der Waals surface area (Å²) in [6.07, 6.45) is 3.85. The van der Waals surface area contributed by atoms with Crippen LogP contribution >= 0.6 is 0 Å². The van der Waals surface area contributed by atoms with E-state index < -0.39 is 16.1 Å². The molecule has 1 aliphatic heterocycles. The van der Waals surface area contributed by atoms with Gasteiger partial charge < -0.3 is 20.0 Å². The minimum atomic E-state index is -3.67. The van der Waals surface area contributed by atoms with Crippen LogP contribution < -0.4 is 10.5 Å². The summed E-state index contributed by atoms with van der Waals surface area (Å²) in [4.78, 5) is 11.1. The van der Waals surface area contributed by atoms with Crippen molar-refractivity contribution in [3.63, 3.8) is 0 Å². The second-order valence-electron chi connectivity index (χ2n) is 5.33. The summed E-state index contributed by atoms with van der Waals surface area (Å²) >= 11 is 0. The monoisotopic (exact) mass is 380 g/mol. The van der Waals surface area contributed by atoms with Gasteiger partial charge in [-0.15, -0.1) is 0 Å². The molecule has 0 fully saturated rings. The first-order chi connectivity index (χ1) is 12.1. The van der Waals surface area contributed by atoms with Crippen LogP contribution in [-0.4, -0.2) is 42.7 Å². The highest BCUT2D eigenvalue weighted by Crippen LogP contribution is 2.33. The Hall–Kier alpha value is -3.11. The number of ether oxygens (including phenoxy) is 1.